The molecule has 0 saturated heterocycles. The lowest BCUT2D eigenvalue weighted by Crippen LogP contribution is -2.48. The van der Waals surface area contributed by atoms with E-state index in [1.54, 1.807) is 24.3 Å². The maximum atomic E-state index is 13.8. The number of methoxy groups -OCH3 is 2. The highest BCUT2D eigenvalue weighted by molar-refractivity contribution is 9.10. The van der Waals surface area contributed by atoms with Crippen molar-refractivity contribution in [1.82, 2.24) is 0 Å². The SMILES string of the molecule is COC(=O)C1(C(=O)OC)CC(C(=O)c2ccc(Br)cc2)=C2c3ccccc3C(C)(C)C2C1. The van der Waals surface area contributed by atoms with Gasteiger partial charge in [-0.2, -0.15) is 0 Å². The van der Waals surface area contributed by atoms with E-state index in [1.165, 1.54) is 14.2 Å². The lowest BCUT2D eigenvalue weighted by molar-refractivity contribution is -0.170. The zero-order valence-electron chi connectivity index (χ0n) is 18.5. The first-order chi connectivity index (χ1) is 15.2. The second-order valence-corrected chi connectivity index (χ2v) is 9.91. The molecule has 32 heavy (non-hydrogen) atoms. The smallest absolute Gasteiger partial charge is 0.323 e. The maximum absolute atomic E-state index is 13.8. The molecule has 0 saturated carbocycles. The second-order valence-electron chi connectivity index (χ2n) is 8.99. The van der Waals surface area contributed by atoms with E-state index < -0.39 is 17.4 Å². The molecule has 0 amide bonds. The minimum Gasteiger partial charge on any atom is -0.468 e. The van der Waals surface area contributed by atoms with Gasteiger partial charge < -0.3 is 9.47 Å². The summed E-state index contributed by atoms with van der Waals surface area (Å²) in [6.07, 6.45) is 0.165. The van der Waals surface area contributed by atoms with Crippen molar-refractivity contribution in [3.63, 3.8) is 0 Å². The van der Waals surface area contributed by atoms with Crippen LogP contribution >= 0.6 is 15.9 Å². The van der Waals surface area contributed by atoms with Crippen LogP contribution in [0.1, 0.15) is 48.2 Å². The Hall–Kier alpha value is -2.73. The number of carbonyl (C=O) groups is 3. The van der Waals surface area contributed by atoms with Crippen molar-refractivity contribution in [1.29, 1.82) is 0 Å². The molecule has 0 heterocycles. The molecule has 0 N–H and O–H groups in total. The topological polar surface area (TPSA) is 69.7 Å². The molecule has 166 valence electrons. The van der Waals surface area contributed by atoms with Crippen LogP contribution in [0.5, 0.6) is 0 Å². The molecule has 4 rings (SSSR count). The first-order valence-corrected chi connectivity index (χ1v) is 11.3. The summed E-state index contributed by atoms with van der Waals surface area (Å²) in [7, 11) is 2.52. The molecule has 0 bridgehead atoms. The molecule has 0 aromatic heterocycles. The van der Waals surface area contributed by atoms with Crippen molar-refractivity contribution >= 4 is 39.2 Å². The van der Waals surface area contributed by atoms with Gasteiger partial charge in [-0.05, 0) is 58.7 Å². The number of fused-ring (bicyclic) bond motifs is 3. The normalized spacial score (nSPS) is 20.2. The van der Waals surface area contributed by atoms with Crippen LogP contribution in [0.3, 0.4) is 0 Å². The van der Waals surface area contributed by atoms with E-state index in [9.17, 15) is 14.4 Å². The van der Waals surface area contributed by atoms with Gasteiger partial charge in [-0.3, -0.25) is 14.4 Å². The number of esters is 2. The number of allylic oxidation sites excluding steroid dienone is 2. The third-order valence-corrected chi connectivity index (χ3v) is 7.55. The van der Waals surface area contributed by atoms with Crippen molar-refractivity contribution in [2.24, 2.45) is 11.3 Å². The standard InChI is InChI=1S/C26H25BrO5/c1-25(2)19-8-6-5-7-17(19)21-18(22(28)15-9-11-16(27)12-10-15)13-26(14-20(21)25,23(29)31-3)24(30)32-4/h5-12,20H,13-14H2,1-4H3. The minimum atomic E-state index is -1.57. The number of benzene rings is 2. The fraction of sp³-hybridized carbons (Fsp3) is 0.346. The van der Waals surface area contributed by atoms with Gasteiger partial charge in [-0.15, -0.1) is 0 Å². The van der Waals surface area contributed by atoms with Gasteiger partial charge in [0.2, 0.25) is 0 Å². The van der Waals surface area contributed by atoms with Crippen LogP contribution in [-0.4, -0.2) is 31.9 Å². The lowest BCUT2D eigenvalue weighted by Gasteiger charge is -2.41. The van der Waals surface area contributed by atoms with E-state index >= 15 is 0 Å². The number of hydrogen-bond donors (Lipinski definition) is 0. The molecule has 2 aliphatic carbocycles. The van der Waals surface area contributed by atoms with E-state index in [2.05, 4.69) is 35.8 Å². The highest BCUT2D eigenvalue weighted by Gasteiger charge is 2.59. The molecule has 0 spiro atoms. The minimum absolute atomic E-state index is 0.0580. The molecular formula is C26H25BrO5. The average Bonchev–Trinajstić information content (AvgIpc) is 3.04. The van der Waals surface area contributed by atoms with Gasteiger partial charge in [-0.25, -0.2) is 0 Å². The maximum Gasteiger partial charge on any atom is 0.323 e. The van der Waals surface area contributed by atoms with Crippen molar-refractivity contribution in [3.05, 3.63) is 75.3 Å². The van der Waals surface area contributed by atoms with Gasteiger partial charge in [0, 0.05) is 22.0 Å². The Balaban J connectivity index is 1.99. The summed E-state index contributed by atoms with van der Waals surface area (Å²) in [6.45, 7) is 4.19. The summed E-state index contributed by atoms with van der Waals surface area (Å²) in [5.41, 5.74) is 2.04. The van der Waals surface area contributed by atoms with Crippen LogP contribution in [-0.2, 0) is 24.5 Å². The van der Waals surface area contributed by atoms with Crippen molar-refractivity contribution < 1.29 is 23.9 Å². The Kier molecular flexibility index (Phi) is 5.61. The van der Waals surface area contributed by atoms with E-state index in [1.807, 2.05) is 18.2 Å². The van der Waals surface area contributed by atoms with Crippen LogP contribution in [0.2, 0.25) is 0 Å². The molecule has 1 atom stereocenters. The first kappa shape index (κ1) is 22.5. The Morgan fingerprint density at radius 2 is 1.53 bits per heavy atom. The fourth-order valence-electron chi connectivity index (χ4n) is 5.33. The number of ketones is 1. The summed E-state index contributed by atoms with van der Waals surface area (Å²) < 4.78 is 11.0. The monoisotopic (exact) mass is 496 g/mol. The number of hydrogen-bond acceptors (Lipinski definition) is 5. The molecule has 2 aliphatic rings. The average molecular weight is 497 g/mol. The van der Waals surface area contributed by atoms with Crippen molar-refractivity contribution in [3.8, 4) is 0 Å². The zero-order valence-corrected chi connectivity index (χ0v) is 20.1. The van der Waals surface area contributed by atoms with Crippen molar-refractivity contribution in [2.75, 3.05) is 14.2 Å². The van der Waals surface area contributed by atoms with Gasteiger partial charge in [0.25, 0.3) is 0 Å². The largest absolute Gasteiger partial charge is 0.468 e. The number of ether oxygens (including phenoxy) is 2. The highest BCUT2D eigenvalue weighted by atomic mass is 79.9. The third kappa shape index (κ3) is 3.24. The van der Waals surface area contributed by atoms with Crippen LogP contribution in [0.25, 0.3) is 5.57 Å². The fourth-order valence-corrected chi connectivity index (χ4v) is 5.59. The number of rotatable bonds is 4. The summed E-state index contributed by atoms with van der Waals surface area (Å²) >= 11 is 3.40. The lowest BCUT2D eigenvalue weighted by atomic mass is 9.61. The molecular weight excluding hydrogens is 472 g/mol. The predicted octanol–water partition coefficient (Wildman–Crippen LogP) is 5.12. The second kappa shape index (κ2) is 8.00. The molecule has 0 radical (unpaired) electrons. The number of halogens is 1. The van der Waals surface area contributed by atoms with E-state index in [0.29, 0.717) is 11.1 Å². The molecule has 1 unspecified atom stereocenters. The number of Topliss-reactive ketones (excluding diaryl/α,β-unsaturated/α-hetero) is 1. The van der Waals surface area contributed by atoms with Gasteiger partial charge in [-0.1, -0.05) is 54.0 Å². The van der Waals surface area contributed by atoms with E-state index in [4.69, 9.17) is 9.47 Å². The molecule has 6 heteroatoms. The summed E-state index contributed by atoms with van der Waals surface area (Å²) in [5.74, 6) is -1.75. The van der Waals surface area contributed by atoms with Crippen LogP contribution in [0, 0.1) is 11.3 Å². The first-order valence-electron chi connectivity index (χ1n) is 10.5. The van der Waals surface area contributed by atoms with Crippen LogP contribution in [0.15, 0.2) is 58.6 Å². The van der Waals surface area contributed by atoms with Gasteiger partial charge in [0.05, 0.1) is 14.2 Å². The van der Waals surface area contributed by atoms with Crippen molar-refractivity contribution in [2.45, 2.75) is 32.1 Å². The Morgan fingerprint density at radius 3 is 2.12 bits per heavy atom. The molecule has 5 nitrogen and oxygen atoms in total. The van der Waals surface area contributed by atoms with Gasteiger partial charge in [0.1, 0.15) is 0 Å². The third-order valence-electron chi connectivity index (χ3n) is 7.02. The van der Waals surface area contributed by atoms with Crippen LogP contribution < -0.4 is 0 Å². The molecule has 2 aromatic carbocycles. The van der Waals surface area contributed by atoms with Crippen LogP contribution in [0.4, 0.5) is 0 Å². The highest BCUT2D eigenvalue weighted by Crippen LogP contribution is 2.60. The Labute approximate surface area is 195 Å². The van der Waals surface area contributed by atoms with Gasteiger partial charge in [0.15, 0.2) is 11.2 Å². The summed E-state index contributed by atoms with van der Waals surface area (Å²) in [5, 5.41) is 0. The molecule has 2 aromatic rings. The van der Waals surface area contributed by atoms with Gasteiger partial charge >= 0.3 is 11.9 Å². The summed E-state index contributed by atoms with van der Waals surface area (Å²) in [4.78, 5) is 39.9. The van der Waals surface area contributed by atoms with E-state index in [-0.39, 0.29) is 30.0 Å². The zero-order chi connectivity index (χ0) is 23.3. The summed E-state index contributed by atoms with van der Waals surface area (Å²) in [6, 6.07) is 15.1. The quantitative estimate of drug-likeness (QED) is 0.333. The molecule has 0 aliphatic heterocycles. The van der Waals surface area contributed by atoms with E-state index in [0.717, 1.165) is 21.2 Å². The Morgan fingerprint density at radius 1 is 0.938 bits per heavy atom. The number of carbonyl (C=O) groups excluding carboxylic acids is 3. The molecule has 0 fully saturated rings. The Bertz CT molecular complexity index is 1130. The predicted molar refractivity (Wildman–Crippen MR) is 124 cm³/mol.